The van der Waals surface area contributed by atoms with Crippen molar-refractivity contribution < 1.29 is 34.4 Å². The second kappa shape index (κ2) is 20.5. The summed E-state index contributed by atoms with van der Waals surface area (Å²) in [7, 11) is 3.98. The van der Waals surface area contributed by atoms with Crippen molar-refractivity contribution in [2.75, 3.05) is 18.1 Å². The van der Waals surface area contributed by atoms with Crippen LogP contribution in [0.4, 0.5) is 0 Å². The van der Waals surface area contributed by atoms with Gasteiger partial charge in [0.25, 0.3) is 0 Å². The summed E-state index contributed by atoms with van der Waals surface area (Å²) in [6.45, 7) is 6.95. The van der Waals surface area contributed by atoms with E-state index in [1.165, 1.54) is 30.4 Å². The molecule has 9 heteroatoms. The molecule has 3 aliphatic heterocycles. The van der Waals surface area contributed by atoms with E-state index in [-0.39, 0.29) is 54.1 Å². The van der Waals surface area contributed by atoms with Crippen LogP contribution in [0.15, 0.2) is 72.3 Å². The van der Waals surface area contributed by atoms with Crippen LogP contribution in [0, 0.1) is 74.4 Å². The van der Waals surface area contributed by atoms with E-state index in [0.717, 1.165) is 94.1 Å². The van der Waals surface area contributed by atoms with Gasteiger partial charge in [-0.3, -0.25) is 4.79 Å². The van der Waals surface area contributed by atoms with E-state index < -0.39 is 51.5 Å². The van der Waals surface area contributed by atoms with Crippen LogP contribution in [0.3, 0.4) is 0 Å². The minimum absolute atomic E-state index is 0.0211. The van der Waals surface area contributed by atoms with Crippen LogP contribution in [-0.4, -0.2) is 69.3 Å². The van der Waals surface area contributed by atoms with Gasteiger partial charge in [-0.15, -0.1) is 5.92 Å². The fourth-order valence-electron chi connectivity index (χ4n) is 17.6. The zero-order valence-electron chi connectivity index (χ0n) is 42.5. The first-order chi connectivity index (χ1) is 33.7. The Morgan fingerprint density at radius 3 is 2.11 bits per heavy atom. The van der Waals surface area contributed by atoms with E-state index in [1.54, 1.807) is 6.08 Å². The van der Waals surface area contributed by atoms with Gasteiger partial charge in [0.05, 0.1) is 34.1 Å². The van der Waals surface area contributed by atoms with Gasteiger partial charge in [-0.2, -0.15) is 0 Å². The van der Waals surface area contributed by atoms with Crippen LogP contribution in [-0.2, 0) is 31.9 Å². The zero-order chi connectivity index (χ0) is 48.8. The monoisotopic (exact) mass is 991 g/mol. The molecule has 4 bridgehead atoms. The Hall–Kier alpha value is -2.74. The van der Waals surface area contributed by atoms with Crippen molar-refractivity contribution in [1.82, 2.24) is 0 Å². The van der Waals surface area contributed by atoms with Crippen molar-refractivity contribution in [2.45, 2.75) is 186 Å². The van der Waals surface area contributed by atoms with Gasteiger partial charge in [0.1, 0.15) is 12.7 Å². The van der Waals surface area contributed by atoms with E-state index in [0.29, 0.717) is 44.4 Å². The van der Waals surface area contributed by atoms with E-state index in [4.69, 9.17) is 9.47 Å². The Balaban J connectivity index is 1.17. The van der Waals surface area contributed by atoms with Gasteiger partial charge in [0.15, 0.2) is 0 Å². The molecule has 8 aliphatic rings. The van der Waals surface area contributed by atoms with E-state index >= 15 is 4.79 Å². The highest BCUT2D eigenvalue weighted by Gasteiger charge is 2.78. The molecule has 0 amide bonds. The van der Waals surface area contributed by atoms with Crippen molar-refractivity contribution >= 4 is 33.5 Å². The standard InChI is InChI=1S/C61H82O7S2/c1-42-22-23-51(62)61-52(63)25-30-57(3,48-20-11-6-12-21-48)54(61)49-38-56(2,60(61,66)31-24-45-35-53(64)67-39-45)26-15-29-59(55(65)68-49)37-47(34-44-18-9-5-10-19-44)36-58(27-13-14-28-58)50(59)41-70-69-40-46(32-42)33-43-16-7-4-8-17-43/h4-5,7-10,16-19,35,42,46-52,54,62-63,66H,6,11-14,20-25,27-34,36-41H2,1-3H3/t42-,46-,47+,49+,50+,51+,52-,54-,56-,57-,59+,60+,61-/m0/s1. The molecular formula is C61H82O7S2. The second-order valence-corrected chi connectivity index (χ2v) is 27.4. The van der Waals surface area contributed by atoms with Gasteiger partial charge in [-0.05, 0) is 160 Å². The second-order valence-electron chi connectivity index (χ2n) is 24.8. The van der Waals surface area contributed by atoms with Crippen LogP contribution in [0.2, 0.25) is 0 Å². The highest BCUT2D eigenvalue weighted by Crippen LogP contribution is 2.73. The van der Waals surface area contributed by atoms with E-state index in [2.05, 4.69) is 93.3 Å². The summed E-state index contributed by atoms with van der Waals surface area (Å²) in [5.74, 6) is 9.75. The number of ether oxygens (including phenoxy) is 2. The van der Waals surface area contributed by atoms with Crippen molar-refractivity contribution in [3.8, 4) is 11.8 Å². The highest BCUT2D eigenvalue weighted by atomic mass is 33.1. The summed E-state index contributed by atoms with van der Waals surface area (Å²) in [6, 6.07) is 21.7. The van der Waals surface area contributed by atoms with Gasteiger partial charge in [-0.1, -0.05) is 134 Å². The molecule has 5 aliphatic carbocycles. The molecule has 2 aromatic rings. The van der Waals surface area contributed by atoms with Gasteiger partial charge < -0.3 is 24.8 Å². The predicted molar refractivity (Wildman–Crippen MR) is 281 cm³/mol. The minimum atomic E-state index is -1.72. The third kappa shape index (κ3) is 9.08. The molecular weight excluding hydrogens is 909 g/mol. The molecule has 0 unspecified atom stereocenters. The average Bonchev–Trinajstić information content (AvgIpc) is 4.01. The molecule has 10 rings (SSSR count). The number of rotatable bonds is 8. The predicted octanol–water partition coefficient (Wildman–Crippen LogP) is 12.3. The number of carbonyl (C=O) groups excluding carboxylic acids is 2. The van der Waals surface area contributed by atoms with Crippen molar-refractivity contribution in [1.29, 1.82) is 0 Å². The first-order valence-corrected chi connectivity index (χ1v) is 30.2. The summed E-state index contributed by atoms with van der Waals surface area (Å²) < 4.78 is 13.0. The first kappa shape index (κ1) is 50.8. The Bertz CT molecular complexity index is 2260. The smallest absolute Gasteiger partial charge is 0.331 e. The lowest BCUT2D eigenvalue weighted by molar-refractivity contribution is -0.339. The maximum absolute atomic E-state index is 16.5. The maximum Gasteiger partial charge on any atom is 0.331 e. The van der Waals surface area contributed by atoms with Gasteiger partial charge in [0, 0.05) is 36.3 Å². The first-order valence-electron chi connectivity index (χ1n) is 27.7. The maximum atomic E-state index is 16.5. The largest absolute Gasteiger partial charge is 0.462 e. The fraction of sp³-hybridized carbons (Fsp3) is 0.705. The number of esters is 2. The molecule has 0 aromatic heterocycles. The third-order valence-corrected chi connectivity index (χ3v) is 23.3. The lowest BCUT2D eigenvalue weighted by Gasteiger charge is -2.72. The molecule has 6 fully saturated rings. The highest BCUT2D eigenvalue weighted by molar-refractivity contribution is 8.76. The quantitative estimate of drug-likeness (QED) is 0.135. The molecule has 5 saturated carbocycles. The van der Waals surface area contributed by atoms with Crippen LogP contribution in [0.1, 0.15) is 160 Å². The van der Waals surface area contributed by atoms with Crippen LogP contribution in [0.25, 0.3) is 0 Å². The Kier molecular flexibility index (Phi) is 14.9. The fourth-order valence-corrected chi connectivity index (χ4v) is 20.6. The third-order valence-electron chi connectivity index (χ3n) is 20.8. The molecule has 2 aromatic carbocycles. The number of benzene rings is 2. The topological polar surface area (TPSA) is 113 Å². The van der Waals surface area contributed by atoms with Gasteiger partial charge >= 0.3 is 11.9 Å². The average molecular weight is 991 g/mol. The number of aliphatic hydroxyl groups excluding tert-OH is 2. The lowest BCUT2D eigenvalue weighted by Crippen LogP contribution is -2.79. The molecule has 380 valence electrons. The molecule has 70 heavy (non-hydrogen) atoms. The zero-order valence-corrected chi connectivity index (χ0v) is 44.1. The molecule has 2 spiro atoms. The van der Waals surface area contributed by atoms with E-state index in [1.807, 2.05) is 21.6 Å². The summed E-state index contributed by atoms with van der Waals surface area (Å²) in [5, 5.41) is 41.7. The summed E-state index contributed by atoms with van der Waals surface area (Å²) in [5.41, 5.74) is -2.25. The SMILES string of the molecule is C[C@H]1CC[C@@H](O)[C@]23[C@@H]([C@H]4C[C@](C)(C#CC[C@]5(C[C@H](Cc6ccccc6)CC6(CCCC6)[C@H]5CSSC[C@H](Cc5ccccc5)C1)C(=O)O4)[C@]2(O)CCC1=CC(=O)OC1)[C@](C)(C1CCCCC1)CC[C@@H]3O. The molecule has 13 atom stereocenters. The van der Waals surface area contributed by atoms with Crippen LogP contribution < -0.4 is 0 Å². The van der Waals surface area contributed by atoms with Crippen molar-refractivity contribution in [2.24, 2.45) is 62.6 Å². The van der Waals surface area contributed by atoms with E-state index in [9.17, 15) is 20.1 Å². The number of fused-ring (bicyclic) bond motifs is 3. The van der Waals surface area contributed by atoms with Gasteiger partial charge in [-0.25, -0.2) is 4.79 Å². The minimum Gasteiger partial charge on any atom is -0.462 e. The Labute approximate surface area is 427 Å². The number of hydrogen-bond acceptors (Lipinski definition) is 9. The number of hydrogen-bond donors (Lipinski definition) is 3. The normalized spacial score (nSPS) is 41.2. The molecule has 0 radical (unpaired) electrons. The molecule has 3 heterocycles. The van der Waals surface area contributed by atoms with Crippen LogP contribution in [0.5, 0.6) is 0 Å². The molecule has 7 nitrogen and oxygen atoms in total. The Morgan fingerprint density at radius 1 is 0.757 bits per heavy atom. The summed E-state index contributed by atoms with van der Waals surface area (Å²) in [6.07, 6.45) is 17.1. The lowest BCUT2D eigenvalue weighted by atomic mass is 9.35. The number of carbonyl (C=O) groups is 2. The number of aliphatic hydroxyl groups is 3. The number of cyclic esters (lactones) is 1. The van der Waals surface area contributed by atoms with Gasteiger partial charge in [0.2, 0.25) is 0 Å². The van der Waals surface area contributed by atoms with Crippen LogP contribution >= 0.6 is 21.6 Å². The molecule has 3 N–H and O–H groups in total. The van der Waals surface area contributed by atoms with Crippen molar-refractivity contribution in [3.63, 3.8) is 0 Å². The molecule has 1 saturated heterocycles. The summed E-state index contributed by atoms with van der Waals surface area (Å²) >= 11 is 0. The Morgan fingerprint density at radius 2 is 1.43 bits per heavy atom. The summed E-state index contributed by atoms with van der Waals surface area (Å²) in [4.78, 5) is 29.1. The van der Waals surface area contributed by atoms with Crippen molar-refractivity contribution in [3.05, 3.63) is 83.4 Å².